The first-order chi connectivity index (χ1) is 16.5. The van der Waals surface area contributed by atoms with Gasteiger partial charge in [0.15, 0.2) is 0 Å². The van der Waals surface area contributed by atoms with E-state index >= 15 is 0 Å². The molecule has 1 heterocycles. The molecule has 0 unspecified atom stereocenters. The van der Waals surface area contributed by atoms with Gasteiger partial charge in [0, 0.05) is 25.5 Å². The summed E-state index contributed by atoms with van der Waals surface area (Å²) in [6.45, 7) is 5.22. The molecule has 0 aliphatic heterocycles. The summed E-state index contributed by atoms with van der Waals surface area (Å²) in [6, 6.07) is 10.8. The molecule has 0 atom stereocenters. The number of anilines is 2. The third kappa shape index (κ3) is 6.44. The molecular weight excluding hydrogens is 510 g/mol. The van der Waals surface area contributed by atoms with E-state index < -0.39 is 16.1 Å². The molecule has 3 aromatic rings. The van der Waals surface area contributed by atoms with Crippen LogP contribution in [0.2, 0.25) is 0 Å². The molecule has 0 saturated heterocycles. The number of aromatic nitrogens is 2. The number of fused-ring (bicyclic) bond motifs is 1. The van der Waals surface area contributed by atoms with Gasteiger partial charge in [-0.15, -0.1) is 0 Å². The maximum atomic E-state index is 13.0. The Labute approximate surface area is 212 Å². The van der Waals surface area contributed by atoms with Crippen molar-refractivity contribution in [2.45, 2.75) is 13.3 Å². The van der Waals surface area contributed by atoms with Gasteiger partial charge in [-0.25, -0.2) is 22.9 Å². The highest BCUT2D eigenvalue weighted by Crippen LogP contribution is 2.30. The second kappa shape index (κ2) is 11.0. The Morgan fingerprint density at radius 2 is 1.91 bits per heavy atom. The zero-order valence-electron chi connectivity index (χ0n) is 19.3. The summed E-state index contributed by atoms with van der Waals surface area (Å²) < 4.78 is 28.3. The Hall–Kier alpha value is -3.28. The van der Waals surface area contributed by atoms with Crippen LogP contribution in [0.15, 0.2) is 74.8 Å². The highest BCUT2D eigenvalue weighted by Gasteiger charge is 2.21. The fourth-order valence-corrected chi connectivity index (χ4v) is 5.59. The minimum atomic E-state index is -4.13. The van der Waals surface area contributed by atoms with Gasteiger partial charge in [-0.2, -0.15) is 0 Å². The molecule has 3 rings (SSSR count). The van der Waals surface area contributed by atoms with Crippen molar-refractivity contribution in [1.29, 1.82) is 0 Å². The van der Waals surface area contributed by atoms with Crippen LogP contribution in [0.1, 0.15) is 13.3 Å². The number of urea groups is 1. The summed E-state index contributed by atoms with van der Waals surface area (Å²) in [5, 5.41) is 2.93. The van der Waals surface area contributed by atoms with Gasteiger partial charge < -0.3 is 10.2 Å². The van der Waals surface area contributed by atoms with Crippen LogP contribution < -0.4 is 20.5 Å². The predicted molar refractivity (Wildman–Crippen MR) is 144 cm³/mol. The number of benzene rings is 2. The fraction of sp³-hybridized carbons (Fsp3) is 0.174. The molecule has 35 heavy (non-hydrogen) atoms. The van der Waals surface area contributed by atoms with E-state index in [2.05, 4.69) is 16.9 Å². The predicted octanol–water partition coefficient (Wildman–Crippen LogP) is 4.60. The Morgan fingerprint density at radius 3 is 2.51 bits per heavy atom. The fourth-order valence-electron chi connectivity index (χ4n) is 3.09. The minimum Gasteiger partial charge on any atom is -0.378 e. The van der Waals surface area contributed by atoms with Crippen molar-refractivity contribution in [2.24, 2.45) is 0 Å². The second-order valence-corrected chi connectivity index (χ2v) is 11.2. The molecule has 2 aromatic carbocycles. The second-order valence-electron chi connectivity index (χ2n) is 7.51. The molecule has 0 aliphatic rings. The lowest BCUT2D eigenvalue weighted by molar-refractivity contribution is 0.256. The first-order valence-electron chi connectivity index (χ1n) is 10.4. The van der Waals surface area contributed by atoms with E-state index in [4.69, 9.17) is 11.6 Å². The van der Waals surface area contributed by atoms with Crippen LogP contribution >= 0.6 is 23.4 Å². The number of thioether (sulfide) groups is 1. The molecule has 0 radical (unpaired) electrons. The topological polar surface area (TPSA) is 113 Å². The highest BCUT2D eigenvalue weighted by atomic mass is 35.5. The lowest BCUT2D eigenvalue weighted by atomic mass is 10.2. The zero-order valence-corrected chi connectivity index (χ0v) is 21.7. The first-order valence-corrected chi connectivity index (χ1v) is 13.0. The number of carbonyl (C=O) groups excluding carboxylic acids is 1. The largest absolute Gasteiger partial charge is 0.378 e. The number of hydrogen-bond donors (Lipinski definition) is 2. The van der Waals surface area contributed by atoms with Gasteiger partial charge in [0.1, 0.15) is 10.6 Å². The lowest BCUT2D eigenvalue weighted by Gasteiger charge is -2.13. The van der Waals surface area contributed by atoms with Crippen LogP contribution in [0.5, 0.6) is 0 Å². The molecule has 1 aromatic heterocycles. The van der Waals surface area contributed by atoms with Crippen LogP contribution in [-0.4, -0.2) is 38.1 Å². The van der Waals surface area contributed by atoms with E-state index in [-0.39, 0.29) is 14.2 Å². The Morgan fingerprint density at radius 1 is 1.23 bits per heavy atom. The van der Waals surface area contributed by atoms with Crippen molar-refractivity contribution in [1.82, 2.24) is 14.3 Å². The number of halogens is 1. The van der Waals surface area contributed by atoms with E-state index in [1.54, 1.807) is 37.3 Å². The van der Waals surface area contributed by atoms with E-state index in [1.165, 1.54) is 17.0 Å². The zero-order chi connectivity index (χ0) is 25.8. The number of amides is 2. The van der Waals surface area contributed by atoms with Gasteiger partial charge in [0.2, 0.25) is 0 Å². The van der Waals surface area contributed by atoms with Crippen molar-refractivity contribution in [2.75, 3.05) is 24.3 Å². The van der Waals surface area contributed by atoms with Gasteiger partial charge in [-0.1, -0.05) is 42.9 Å². The Balaban J connectivity index is 1.77. The summed E-state index contributed by atoms with van der Waals surface area (Å²) in [6.07, 6.45) is 3.30. The van der Waals surface area contributed by atoms with Gasteiger partial charge in [0.05, 0.1) is 21.0 Å². The molecule has 12 heteroatoms. The number of hydrogen-bond acceptors (Lipinski definition) is 7. The van der Waals surface area contributed by atoms with E-state index in [1.807, 2.05) is 35.9 Å². The smallest absolute Gasteiger partial charge is 0.333 e. The molecule has 0 spiro atoms. The number of rotatable bonds is 8. The quantitative estimate of drug-likeness (QED) is 0.435. The van der Waals surface area contributed by atoms with Crippen LogP contribution in [0.25, 0.3) is 16.6 Å². The summed E-state index contributed by atoms with van der Waals surface area (Å²) in [5.74, 6) is 0. The monoisotopic (exact) mass is 533 g/mol. The molecule has 0 saturated carbocycles. The molecule has 2 N–H and O–H groups in total. The number of carbonyl (C=O) groups is 1. The van der Waals surface area contributed by atoms with Gasteiger partial charge in [-0.3, -0.25) is 9.36 Å². The Bertz CT molecular complexity index is 1470. The average Bonchev–Trinajstić information content (AvgIpc) is 2.79. The summed E-state index contributed by atoms with van der Waals surface area (Å²) in [4.78, 5) is 31.6. The standard InChI is InChI=1S/C23H24ClN5O4S2/c1-5-6-21(34-15(2)24)35(32,33)27-23(31)26-16-7-9-17(10-8-16)29-14-25-20-13-18(28(3)4)11-12-19(20)22(29)30/h6-14H,2,5H2,1,3-4H3,(H2,26,27,31)/b21-6+. The van der Waals surface area contributed by atoms with Crippen molar-refractivity contribution in [3.8, 4) is 5.69 Å². The molecule has 0 bridgehead atoms. The molecule has 2 amide bonds. The number of nitrogens with zero attached hydrogens (tertiary/aromatic N) is 3. The summed E-state index contributed by atoms with van der Waals surface area (Å²) in [7, 11) is -0.311. The van der Waals surface area contributed by atoms with E-state index in [0.29, 0.717) is 28.7 Å². The number of sulfonamides is 1. The van der Waals surface area contributed by atoms with Crippen molar-refractivity contribution >= 4 is 61.7 Å². The third-order valence-electron chi connectivity index (χ3n) is 4.74. The molecule has 9 nitrogen and oxygen atoms in total. The molecule has 0 aliphatic carbocycles. The number of allylic oxidation sites excluding steroid dienone is 1. The van der Waals surface area contributed by atoms with E-state index in [0.717, 1.165) is 17.4 Å². The highest BCUT2D eigenvalue weighted by molar-refractivity contribution is 8.21. The number of nitrogens with one attached hydrogen (secondary N) is 2. The van der Waals surface area contributed by atoms with Crippen LogP contribution in [0, 0.1) is 0 Å². The average molecular weight is 534 g/mol. The minimum absolute atomic E-state index is 0.0580. The van der Waals surface area contributed by atoms with Crippen LogP contribution in [0.4, 0.5) is 16.2 Å². The maximum Gasteiger partial charge on any atom is 0.333 e. The van der Waals surface area contributed by atoms with Gasteiger partial charge in [0.25, 0.3) is 15.6 Å². The lowest BCUT2D eigenvalue weighted by Crippen LogP contribution is -2.34. The van der Waals surface area contributed by atoms with Gasteiger partial charge in [-0.05, 0) is 48.9 Å². The van der Waals surface area contributed by atoms with Crippen LogP contribution in [0.3, 0.4) is 0 Å². The molecule has 184 valence electrons. The Kier molecular flexibility index (Phi) is 8.26. The third-order valence-corrected chi connectivity index (χ3v) is 7.62. The molecular formula is C23H24ClN5O4S2. The van der Waals surface area contributed by atoms with Gasteiger partial charge >= 0.3 is 6.03 Å². The van der Waals surface area contributed by atoms with Crippen molar-refractivity contribution in [3.63, 3.8) is 0 Å². The molecule has 0 fully saturated rings. The summed E-state index contributed by atoms with van der Waals surface area (Å²) >= 11 is 6.46. The van der Waals surface area contributed by atoms with Crippen LogP contribution in [-0.2, 0) is 10.0 Å². The van der Waals surface area contributed by atoms with Crippen molar-refractivity contribution in [3.05, 3.63) is 80.4 Å². The maximum absolute atomic E-state index is 13.0. The van der Waals surface area contributed by atoms with E-state index in [9.17, 15) is 18.0 Å². The SMILES string of the molecule is C=C(Cl)S/C(=C\CC)S(=O)(=O)NC(=O)Nc1ccc(-n2cnc3cc(N(C)C)ccc3c2=O)cc1. The first kappa shape index (κ1) is 26.3. The van der Waals surface area contributed by atoms with Crippen molar-refractivity contribution < 1.29 is 13.2 Å². The normalized spacial score (nSPS) is 11.8. The summed E-state index contributed by atoms with van der Waals surface area (Å²) in [5.41, 5.74) is 2.14.